The molecule has 3 nitrogen and oxygen atoms in total. The monoisotopic (exact) mass is 248 g/mol. The molecule has 1 aliphatic heterocycles. The highest BCUT2D eigenvalue weighted by molar-refractivity contribution is 5.83. The van der Waals surface area contributed by atoms with Crippen molar-refractivity contribution in [3.05, 3.63) is 0 Å². The second-order valence-corrected chi connectivity index (χ2v) is 7.31. The van der Waals surface area contributed by atoms with Crippen LogP contribution >= 0.6 is 0 Å². The molecule has 4 bridgehead atoms. The van der Waals surface area contributed by atoms with Gasteiger partial charge in [0.15, 0.2) is 0 Å². The minimum atomic E-state index is 0.0340. The van der Waals surface area contributed by atoms with Gasteiger partial charge in [0.1, 0.15) is 0 Å². The fourth-order valence-corrected chi connectivity index (χ4v) is 5.69. The zero-order valence-corrected chi connectivity index (χ0v) is 11.3. The van der Waals surface area contributed by atoms with E-state index < -0.39 is 0 Å². The molecule has 4 aliphatic carbocycles. The number of hydrogen-bond acceptors (Lipinski definition) is 2. The molecule has 0 radical (unpaired) electrons. The summed E-state index contributed by atoms with van der Waals surface area (Å²) < 4.78 is 0. The molecular weight excluding hydrogens is 224 g/mol. The number of rotatable bonds is 1. The van der Waals surface area contributed by atoms with Gasteiger partial charge >= 0.3 is 0 Å². The SMILES string of the molecule is CC1NCCN(C23CC4CC(CC(C4)C2)C3)C1=O. The van der Waals surface area contributed by atoms with Gasteiger partial charge in [-0.3, -0.25) is 4.79 Å². The Labute approximate surface area is 109 Å². The maximum absolute atomic E-state index is 12.5. The van der Waals surface area contributed by atoms with Crippen molar-refractivity contribution in [3.63, 3.8) is 0 Å². The molecular formula is C15H24N2O. The van der Waals surface area contributed by atoms with Crippen molar-refractivity contribution in [1.82, 2.24) is 10.2 Å². The van der Waals surface area contributed by atoms with E-state index in [-0.39, 0.29) is 11.6 Å². The van der Waals surface area contributed by atoms with Gasteiger partial charge in [-0.2, -0.15) is 0 Å². The molecule has 100 valence electrons. The first-order valence-electron chi connectivity index (χ1n) is 7.71. The third kappa shape index (κ3) is 1.49. The van der Waals surface area contributed by atoms with Crippen molar-refractivity contribution in [3.8, 4) is 0 Å². The van der Waals surface area contributed by atoms with E-state index in [0.717, 1.165) is 30.8 Å². The summed E-state index contributed by atoms with van der Waals surface area (Å²) in [6, 6.07) is 0.0340. The largest absolute Gasteiger partial charge is 0.334 e. The number of carbonyl (C=O) groups excluding carboxylic acids is 1. The Morgan fingerprint density at radius 2 is 1.67 bits per heavy atom. The van der Waals surface area contributed by atoms with Gasteiger partial charge in [-0.15, -0.1) is 0 Å². The highest BCUT2D eigenvalue weighted by Gasteiger charge is 2.55. The minimum absolute atomic E-state index is 0.0340. The third-order valence-corrected chi connectivity index (χ3v) is 6.00. The van der Waals surface area contributed by atoms with Crippen molar-refractivity contribution in [1.29, 1.82) is 0 Å². The van der Waals surface area contributed by atoms with Crippen LogP contribution in [0.2, 0.25) is 0 Å². The fourth-order valence-electron chi connectivity index (χ4n) is 5.69. The van der Waals surface area contributed by atoms with Crippen LogP contribution in [0, 0.1) is 17.8 Å². The summed E-state index contributed by atoms with van der Waals surface area (Å²) in [6.45, 7) is 3.94. The first kappa shape index (κ1) is 11.3. The van der Waals surface area contributed by atoms with E-state index in [1.807, 2.05) is 6.92 Å². The average molecular weight is 248 g/mol. The van der Waals surface area contributed by atoms with Crippen molar-refractivity contribution in [2.75, 3.05) is 13.1 Å². The summed E-state index contributed by atoms with van der Waals surface area (Å²) in [6.07, 6.45) is 8.27. The number of piperazine rings is 1. The lowest BCUT2D eigenvalue weighted by Gasteiger charge is -2.61. The van der Waals surface area contributed by atoms with Crippen LogP contribution in [0.4, 0.5) is 0 Å². The Balaban J connectivity index is 1.65. The van der Waals surface area contributed by atoms with Crippen LogP contribution in [-0.4, -0.2) is 35.5 Å². The third-order valence-electron chi connectivity index (χ3n) is 6.00. The zero-order chi connectivity index (χ0) is 12.3. The molecule has 5 rings (SSSR count). The Kier molecular flexibility index (Phi) is 2.33. The molecule has 1 unspecified atom stereocenters. The highest BCUT2D eigenvalue weighted by atomic mass is 16.2. The minimum Gasteiger partial charge on any atom is -0.334 e. The Morgan fingerprint density at radius 1 is 1.11 bits per heavy atom. The molecule has 1 N–H and O–H groups in total. The van der Waals surface area contributed by atoms with Crippen molar-refractivity contribution >= 4 is 5.91 Å². The van der Waals surface area contributed by atoms with Crippen LogP contribution in [-0.2, 0) is 4.79 Å². The van der Waals surface area contributed by atoms with E-state index in [4.69, 9.17) is 0 Å². The van der Waals surface area contributed by atoms with Gasteiger partial charge in [-0.05, 0) is 63.2 Å². The second kappa shape index (κ2) is 3.72. The summed E-state index contributed by atoms with van der Waals surface area (Å²) in [5.41, 5.74) is 0.266. The van der Waals surface area contributed by atoms with Crippen molar-refractivity contribution < 1.29 is 4.79 Å². The first-order chi connectivity index (χ1) is 8.66. The lowest BCUT2D eigenvalue weighted by Crippen LogP contribution is -2.67. The van der Waals surface area contributed by atoms with Crippen LogP contribution in [0.25, 0.3) is 0 Å². The summed E-state index contributed by atoms with van der Waals surface area (Å²) in [5, 5.41) is 3.30. The van der Waals surface area contributed by atoms with Gasteiger partial charge in [0.25, 0.3) is 0 Å². The topological polar surface area (TPSA) is 32.3 Å². The lowest BCUT2D eigenvalue weighted by atomic mass is 9.52. The number of nitrogens with one attached hydrogen (secondary N) is 1. The number of hydrogen-bond donors (Lipinski definition) is 1. The Hall–Kier alpha value is -0.570. The highest BCUT2D eigenvalue weighted by Crippen LogP contribution is 2.57. The normalized spacial score (nSPS) is 50.9. The smallest absolute Gasteiger partial charge is 0.239 e. The quantitative estimate of drug-likeness (QED) is 0.767. The molecule has 1 amide bonds. The molecule has 1 atom stereocenters. The lowest BCUT2D eigenvalue weighted by molar-refractivity contribution is -0.155. The summed E-state index contributed by atoms with van der Waals surface area (Å²) in [4.78, 5) is 14.8. The van der Waals surface area contributed by atoms with E-state index in [1.54, 1.807) is 0 Å². The van der Waals surface area contributed by atoms with Gasteiger partial charge in [0.2, 0.25) is 5.91 Å². The molecule has 3 heteroatoms. The van der Waals surface area contributed by atoms with Crippen LogP contribution < -0.4 is 5.32 Å². The molecule has 0 spiro atoms. The standard InChI is InChI=1S/C15H24N2O/c1-10-14(18)17(3-2-16-10)15-7-11-4-12(8-15)6-13(5-11)9-15/h10-13,16H,2-9H2,1H3. The molecule has 0 aromatic rings. The average Bonchev–Trinajstić information content (AvgIpc) is 2.30. The molecule has 1 heterocycles. The second-order valence-electron chi connectivity index (χ2n) is 7.31. The summed E-state index contributed by atoms with van der Waals surface area (Å²) in [7, 11) is 0. The predicted molar refractivity (Wildman–Crippen MR) is 70.1 cm³/mol. The van der Waals surface area contributed by atoms with Gasteiger partial charge in [-0.25, -0.2) is 0 Å². The summed E-state index contributed by atoms with van der Waals surface area (Å²) >= 11 is 0. The maximum Gasteiger partial charge on any atom is 0.239 e. The van der Waals surface area contributed by atoms with Gasteiger partial charge < -0.3 is 10.2 Å². The zero-order valence-electron chi connectivity index (χ0n) is 11.3. The number of amides is 1. The first-order valence-corrected chi connectivity index (χ1v) is 7.71. The van der Waals surface area contributed by atoms with E-state index >= 15 is 0 Å². The van der Waals surface area contributed by atoms with Crippen LogP contribution in [0.3, 0.4) is 0 Å². The molecule has 4 saturated carbocycles. The number of carbonyl (C=O) groups is 1. The molecule has 0 aromatic heterocycles. The van der Waals surface area contributed by atoms with E-state index in [9.17, 15) is 4.79 Å². The van der Waals surface area contributed by atoms with Crippen LogP contribution in [0.15, 0.2) is 0 Å². The van der Waals surface area contributed by atoms with Crippen LogP contribution in [0.5, 0.6) is 0 Å². The molecule has 1 saturated heterocycles. The van der Waals surface area contributed by atoms with E-state index in [2.05, 4.69) is 10.2 Å². The fraction of sp³-hybridized carbons (Fsp3) is 0.933. The molecule has 18 heavy (non-hydrogen) atoms. The van der Waals surface area contributed by atoms with E-state index in [1.165, 1.54) is 38.5 Å². The van der Waals surface area contributed by atoms with Crippen molar-refractivity contribution in [2.45, 2.75) is 57.0 Å². The van der Waals surface area contributed by atoms with Gasteiger partial charge in [0.05, 0.1) is 6.04 Å². The van der Waals surface area contributed by atoms with Gasteiger partial charge in [-0.1, -0.05) is 0 Å². The number of nitrogens with zero attached hydrogens (tertiary/aromatic N) is 1. The van der Waals surface area contributed by atoms with Crippen molar-refractivity contribution in [2.24, 2.45) is 17.8 Å². The molecule has 5 fully saturated rings. The Morgan fingerprint density at radius 3 is 2.22 bits per heavy atom. The molecule has 5 aliphatic rings. The molecule has 0 aromatic carbocycles. The Bertz CT molecular complexity index is 343. The predicted octanol–water partition coefficient (Wildman–Crippen LogP) is 1.78. The van der Waals surface area contributed by atoms with Crippen LogP contribution in [0.1, 0.15) is 45.4 Å². The maximum atomic E-state index is 12.5. The van der Waals surface area contributed by atoms with E-state index in [0.29, 0.717) is 5.91 Å². The summed E-state index contributed by atoms with van der Waals surface area (Å²) in [5.74, 6) is 3.14. The van der Waals surface area contributed by atoms with Gasteiger partial charge in [0, 0.05) is 18.6 Å².